The van der Waals surface area contributed by atoms with Gasteiger partial charge in [-0.2, -0.15) is 18.3 Å². The molecule has 2 aromatic rings. The van der Waals surface area contributed by atoms with Crippen LogP contribution in [0.4, 0.5) is 13.2 Å². The van der Waals surface area contributed by atoms with E-state index in [4.69, 9.17) is 5.73 Å². The van der Waals surface area contributed by atoms with Crippen molar-refractivity contribution >= 4 is 0 Å². The second-order valence-corrected chi connectivity index (χ2v) is 5.81. The number of nitrogens with zero attached hydrogens (tertiary/aromatic N) is 2. The van der Waals surface area contributed by atoms with Crippen LogP contribution < -0.4 is 5.73 Å². The maximum absolute atomic E-state index is 13.4. The van der Waals surface area contributed by atoms with Crippen LogP contribution in [0.15, 0.2) is 24.4 Å². The SMILES string of the molecule is Cc1ccc(-n2ncc(C(C)(C)N)c2C(F)(F)F)cc1C. The Morgan fingerprint density at radius 3 is 2.19 bits per heavy atom. The van der Waals surface area contributed by atoms with Crippen LogP contribution in [0, 0.1) is 13.8 Å². The molecule has 2 rings (SSSR count). The number of nitrogens with two attached hydrogens (primary N) is 1. The fourth-order valence-electron chi connectivity index (χ4n) is 2.15. The predicted octanol–water partition coefficient (Wildman–Crippen LogP) is 3.70. The largest absolute Gasteiger partial charge is 0.433 e. The highest BCUT2D eigenvalue weighted by molar-refractivity contribution is 5.42. The van der Waals surface area contributed by atoms with Gasteiger partial charge < -0.3 is 5.73 Å². The summed E-state index contributed by atoms with van der Waals surface area (Å²) in [5.41, 5.74) is 6.18. The van der Waals surface area contributed by atoms with E-state index in [1.807, 2.05) is 13.8 Å². The predicted molar refractivity (Wildman–Crippen MR) is 75.3 cm³/mol. The van der Waals surface area contributed by atoms with Gasteiger partial charge in [-0.3, -0.25) is 0 Å². The first-order valence-electron chi connectivity index (χ1n) is 6.54. The topological polar surface area (TPSA) is 43.8 Å². The molecule has 114 valence electrons. The molecule has 21 heavy (non-hydrogen) atoms. The summed E-state index contributed by atoms with van der Waals surface area (Å²) in [6.07, 6.45) is -3.33. The normalized spacial score (nSPS) is 12.8. The molecule has 0 saturated heterocycles. The lowest BCUT2D eigenvalue weighted by Gasteiger charge is -2.21. The van der Waals surface area contributed by atoms with Crippen molar-refractivity contribution in [1.82, 2.24) is 9.78 Å². The van der Waals surface area contributed by atoms with Crippen LogP contribution in [0.1, 0.15) is 36.2 Å². The molecule has 0 spiro atoms. The fourth-order valence-corrected chi connectivity index (χ4v) is 2.15. The molecule has 0 atom stereocenters. The van der Waals surface area contributed by atoms with Crippen molar-refractivity contribution in [1.29, 1.82) is 0 Å². The van der Waals surface area contributed by atoms with E-state index in [2.05, 4.69) is 5.10 Å². The van der Waals surface area contributed by atoms with Gasteiger partial charge in [0.2, 0.25) is 0 Å². The summed E-state index contributed by atoms with van der Waals surface area (Å²) < 4.78 is 41.2. The Labute approximate surface area is 121 Å². The highest BCUT2D eigenvalue weighted by atomic mass is 19.4. The lowest BCUT2D eigenvalue weighted by Crippen LogP contribution is -2.31. The van der Waals surface area contributed by atoms with E-state index in [0.29, 0.717) is 5.69 Å². The Balaban J connectivity index is 2.70. The van der Waals surface area contributed by atoms with Gasteiger partial charge in [-0.15, -0.1) is 0 Å². The van der Waals surface area contributed by atoms with Gasteiger partial charge in [0.1, 0.15) is 0 Å². The molecule has 0 bridgehead atoms. The molecule has 0 unspecified atom stereocenters. The molecule has 3 nitrogen and oxygen atoms in total. The summed E-state index contributed by atoms with van der Waals surface area (Å²) in [5, 5.41) is 3.91. The molecule has 0 aliphatic rings. The highest BCUT2D eigenvalue weighted by Crippen LogP contribution is 2.37. The zero-order valence-corrected chi connectivity index (χ0v) is 12.4. The van der Waals surface area contributed by atoms with E-state index < -0.39 is 17.4 Å². The third-order valence-electron chi connectivity index (χ3n) is 3.47. The van der Waals surface area contributed by atoms with Crippen molar-refractivity contribution in [2.45, 2.75) is 39.4 Å². The van der Waals surface area contributed by atoms with Gasteiger partial charge >= 0.3 is 6.18 Å². The summed E-state index contributed by atoms with van der Waals surface area (Å²) in [6, 6.07) is 5.09. The number of hydrogen-bond acceptors (Lipinski definition) is 2. The fraction of sp³-hybridized carbons (Fsp3) is 0.400. The minimum absolute atomic E-state index is 0.0202. The second kappa shape index (κ2) is 4.87. The van der Waals surface area contributed by atoms with Gasteiger partial charge in [0.15, 0.2) is 5.69 Å². The first-order chi connectivity index (χ1) is 9.51. The highest BCUT2D eigenvalue weighted by Gasteiger charge is 2.41. The third kappa shape index (κ3) is 2.95. The van der Waals surface area contributed by atoms with Gasteiger partial charge in [-0.05, 0) is 51.0 Å². The summed E-state index contributed by atoms with van der Waals surface area (Å²) in [6.45, 7) is 6.82. The Bertz CT molecular complexity index is 664. The number of aryl methyl sites for hydroxylation is 2. The second-order valence-electron chi connectivity index (χ2n) is 5.81. The maximum Gasteiger partial charge on any atom is 0.433 e. The van der Waals surface area contributed by atoms with Crippen molar-refractivity contribution in [3.05, 3.63) is 46.8 Å². The molecule has 0 aliphatic heterocycles. The minimum atomic E-state index is -4.53. The first-order valence-corrected chi connectivity index (χ1v) is 6.54. The number of halogens is 3. The average molecular weight is 297 g/mol. The standard InChI is InChI=1S/C15H18F3N3/c1-9-5-6-11(7-10(9)2)21-13(15(16,17)18)12(8-20-21)14(3,4)19/h5-8H,19H2,1-4H3. The lowest BCUT2D eigenvalue weighted by atomic mass is 9.96. The quantitative estimate of drug-likeness (QED) is 0.918. The number of aromatic nitrogens is 2. The average Bonchev–Trinajstić information content (AvgIpc) is 2.76. The molecule has 0 fully saturated rings. The molecule has 1 aromatic carbocycles. The maximum atomic E-state index is 13.4. The van der Waals surface area contributed by atoms with E-state index in [1.165, 1.54) is 20.0 Å². The van der Waals surface area contributed by atoms with Crippen molar-refractivity contribution in [3.63, 3.8) is 0 Å². The Hall–Kier alpha value is -1.82. The van der Waals surface area contributed by atoms with Crippen molar-refractivity contribution in [3.8, 4) is 5.69 Å². The van der Waals surface area contributed by atoms with E-state index >= 15 is 0 Å². The Morgan fingerprint density at radius 1 is 1.10 bits per heavy atom. The summed E-state index contributed by atoms with van der Waals surface area (Å²) >= 11 is 0. The van der Waals surface area contributed by atoms with Gasteiger partial charge in [0.05, 0.1) is 11.9 Å². The zero-order chi connectivity index (χ0) is 16.0. The summed E-state index contributed by atoms with van der Waals surface area (Å²) in [7, 11) is 0. The first kappa shape index (κ1) is 15.6. The molecule has 0 saturated carbocycles. The van der Waals surface area contributed by atoms with Crippen LogP contribution in [0.2, 0.25) is 0 Å². The van der Waals surface area contributed by atoms with Gasteiger partial charge in [0, 0.05) is 11.1 Å². The van der Waals surface area contributed by atoms with Crippen LogP contribution in [0.5, 0.6) is 0 Å². The van der Waals surface area contributed by atoms with E-state index in [0.717, 1.165) is 15.8 Å². The monoisotopic (exact) mass is 297 g/mol. The number of alkyl halides is 3. The van der Waals surface area contributed by atoms with Gasteiger partial charge in [-0.1, -0.05) is 6.07 Å². The van der Waals surface area contributed by atoms with Crippen LogP contribution in [0.25, 0.3) is 5.69 Å². The molecule has 2 N–H and O–H groups in total. The molecule has 1 aromatic heterocycles. The Morgan fingerprint density at radius 2 is 1.71 bits per heavy atom. The molecule has 1 heterocycles. The van der Waals surface area contributed by atoms with Crippen LogP contribution in [-0.4, -0.2) is 9.78 Å². The smallest absolute Gasteiger partial charge is 0.322 e. The Kier molecular flexibility index (Phi) is 3.61. The molecular weight excluding hydrogens is 279 g/mol. The molecule has 0 aliphatic carbocycles. The number of rotatable bonds is 2. The van der Waals surface area contributed by atoms with E-state index in [-0.39, 0.29) is 5.56 Å². The van der Waals surface area contributed by atoms with Crippen molar-refractivity contribution in [2.24, 2.45) is 5.73 Å². The molecule has 0 amide bonds. The third-order valence-corrected chi connectivity index (χ3v) is 3.47. The summed E-state index contributed by atoms with van der Waals surface area (Å²) in [4.78, 5) is 0. The number of benzene rings is 1. The molecule has 0 radical (unpaired) electrons. The molecule has 6 heteroatoms. The van der Waals surface area contributed by atoms with Crippen LogP contribution >= 0.6 is 0 Å². The van der Waals surface area contributed by atoms with Crippen molar-refractivity contribution < 1.29 is 13.2 Å². The van der Waals surface area contributed by atoms with E-state index in [9.17, 15) is 13.2 Å². The van der Waals surface area contributed by atoms with Crippen LogP contribution in [0.3, 0.4) is 0 Å². The van der Waals surface area contributed by atoms with Crippen LogP contribution in [-0.2, 0) is 11.7 Å². The van der Waals surface area contributed by atoms with E-state index in [1.54, 1.807) is 18.2 Å². The zero-order valence-electron chi connectivity index (χ0n) is 12.4. The van der Waals surface area contributed by atoms with Crippen molar-refractivity contribution in [2.75, 3.05) is 0 Å². The van der Waals surface area contributed by atoms with Gasteiger partial charge in [-0.25, -0.2) is 4.68 Å². The minimum Gasteiger partial charge on any atom is -0.322 e. The lowest BCUT2D eigenvalue weighted by molar-refractivity contribution is -0.143. The number of hydrogen-bond donors (Lipinski definition) is 1. The molecular formula is C15H18F3N3. The summed E-state index contributed by atoms with van der Waals surface area (Å²) in [5.74, 6) is 0. The van der Waals surface area contributed by atoms with Gasteiger partial charge in [0.25, 0.3) is 0 Å².